The Balaban J connectivity index is 0.000000582. The molecule has 0 bridgehead atoms. The van der Waals surface area contributed by atoms with Crippen LogP contribution in [0.1, 0.15) is 42.9 Å². The Kier molecular flexibility index (Phi) is 9.76. The number of aliphatic carboxylic acids is 2. The van der Waals surface area contributed by atoms with Gasteiger partial charge >= 0.3 is 24.3 Å². The molecule has 256 valence electrons. The molecule has 48 heavy (non-hydrogen) atoms. The van der Waals surface area contributed by atoms with Crippen molar-refractivity contribution in [3.63, 3.8) is 0 Å². The smallest absolute Gasteiger partial charge is 0.490 e. The number of rotatable bonds is 6. The summed E-state index contributed by atoms with van der Waals surface area (Å²) in [5, 5.41) is 38.3. The van der Waals surface area contributed by atoms with Gasteiger partial charge in [0, 0.05) is 22.7 Å². The zero-order chi connectivity index (χ0) is 34.8. The molecule has 0 amide bonds. The maximum atomic E-state index is 14.0. The molecular weight excluding hydrogens is 658 g/mol. The lowest BCUT2D eigenvalue weighted by Gasteiger charge is -2.36. The van der Waals surface area contributed by atoms with Gasteiger partial charge in [0.05, 0.1) is 12.0 Å². The molecule has 18 heteroatoms. The van der Waals surface area contributed by atoms with Gasteiger partial charge in [-0.2, -0.15) is 31.3 Å². The Labute approximate surface area is 266 Å². The van der Waals surface area contributed by atoms with Crippen LogP contribution in [0.5, 0.6) is 5.75 Å². The van der Waals surface area contributed by atoms with Crippen LogP contribution in [0.2, 0.25) is 0 Å². The van der Waals surface area contributed by atoms with E-state index in [1.807, 2.05) is 0 Å². The minimum atomic E-state index is -5.08. The molecule has 6 rings (SSSR count). The number of aromatic nitrogens is 3. The Bertz CT molecular complexity index is 1760. The summed E-state index contributed by atoms with van der Waals surface area (Å²) in [4.78, 5) is 24.4. The molecule has 12 nitrogen and oxygen atoms in total. The van der Waals surface area contributed by atoms with Gasteiger partial charge in [0.15, 0.2) is 0 Å². The zero-order valence-corrected chi connectivity index (χ0v) is 24.5. The van der Waals surface area contributed by atoms with Crippen molar-refractivity contribution in [3.05, 3.63) is 59.7 Å². The number of benzene rings is 2. The number of carboxylic acid groups (broad SMARTS) is 2. The fraction of sp³-hybridized carbons (Fsp3) is 0.367. The number of hydrogen-bond acceptors (Lipinski definition) is 10. The van der Waals surface area contributed by atoms with Crippen LogP contribution < -0.4 is 10.1 Å². The van der Waals surface area contributed by atoms with Crippen molar-refractivity contribution in [2.24, 2.45) is 5.92 Å². The number of halogens is 6. The van der Waals surface area contributed by atoms with Gasteiger partial charge in [-0.3, -0.25) is 4.79 Å². The van der Waals surface area contributed by atoms with Crippen molar-refractivity contribution in [2.75, 3.05) is 6.61 Å². The molecule has 2 aromatic heterocycles. The van der Waals surface area contributed by atoms with Crippen molar-refractivity contribution < 1.29 is 65.0 Å². The second kappa shape index (κ2) is 13.6. The molecule has 3 heterocycles. The van der Waals surface area contributed by atoms with E-state index in [4.69, 9.17) is 23.7 Å². The number of carbonyl (C=O) groups is 2. The number of aliphatic hydroxyl groups is 1. The minimum absolute atomic E-state index is 0.00570. The molecule has 0 spiro atoms. The van der Waals surface area contributed by atoms with Crippen LogP contribution in [0, 0.1) is 5.92 Å². The van der Waals surface area contributed by atoms with E-state index in [1.165, 1.54) is 12.1 Å². The fourth-order valence-electron chi connectivity index (χ4n) is 5.46. The third kappa shape index (κ3) is 7.60. The number of carboxylic acids is 2. The van der Waals surface area contributed by atoms with E-state index in [1.54, 1.807) is 36.4 Å². The van der Waals surface area contributed by atoms with Crippen molar-refractivity contribution in [2.45, 2.75) is 56.2 Å². The van der Waals surface area contributed by atoms with E-state index in [-0.39, 0.29) is 29.7 Å². The van der Waals surface area contributed by atoms with Gasteiger partial charge in [-0.25, -0.2) is 4.79 Å². The standard InChI is InChI=1S/C28H25F3N4O6.C2HF3O2/c29-28(30,31)21-22(14-5-2-1-3-6-14)34-40-24(21)26-33-25(35-41-26)15-9-10-18-20(12-15)39-13-19(23(18)36)32-17-8-4-7-16(11-17)27(37)38;3-2(4,5)1(6)7/h1-3,5-6,9-10,12,16-17,19,23,32,36H,4,7-8,11,13H2,(H,37,38);(H,6,7). The molecule has 2 aliphatic rings. The fourth-order valence-corrected chi connectivity index (χ4v) is 5.46. The molecule has 4 aromatic rings. The van der Waals surface area contributed by atoms with Crippen LogP contribution in [0.15, 0.2) is 57.6 Å². The SMILES string of the molecule is O=C(O)C(F)(F)F.O=C(O)C1CCCC(NC2COc3cc(-c4noc(-c5onc(-c6ccccc6)c5C(F)(F)F)n4)ccc3C2O)C1. The lowest BCUT2D eigenvalue weighted by atomic mass is 9.85. The highest BCUT2D eigenvalue weighted by Gasteiger charge is 2.43. The lowest BCUT2D eigenvalue weighted by molar-refractivity contribution is -0.192. The predicted molar refractivity (Wildman–Crippen MR) is 150 cm³/mol. The third-order valence-electron chi connectivity index (χ3n) is 7.75. The second-order valence-corrected chi connectivity index (χ2v) is 11.0. The van der Waals surface area contributed by atoms with Crippen LogP contribution >= 0.6 is 0 Å². The first kappa shape index (κ1) is 34.4. The topological polar surface area (TPSA) is 181 Å². The third-order valence-corrected chi connectivity index (χ3v) is 7.75. The number of hydrogen-bond donors (Lipinski definition) is 4. The number of nitrogens with zero attached hydrogens (tertiary/aromatic N) is 3. The Morgan fingerprint density at radius 1 is 0.917 bits per heavy atom. The molecule has 4 N–H and O–H groups in total. The summed E-state index contributed by atoms with van der Waals surface area (Å²) in [5.41, 5.74) is -0.391. The largest absolute Gasteiger partial charge is 0.491 e. The molecule has 1 fully saturated rings. The molecule has 0 saturated heterocycles. The van der Waals surface area contributed by atoms with E-state index in [9.17, 15) is 41.4 Å². The summed E-state index contributed by atoms with van der Waals surface area (Å²) in [5.74, 6) is -4.80. The summed E-state index contributed by atoms with van der Waals surface area (Å²) in [6, 6.07) is 12.1. The summed E-state index contributed by atoms with van der Waals surface area (Å²) in [7, 11) is 0. The Hall–Kier alpha value is -4.97. The lowest BCUT2D eigenvalue weighted by Crippen LogP contribution is -2.49. The monoisotopic (exact) mass is 684 g/mol. The van der Waals surface area contributed by atoms with Crippen LogP contribution in [0.25, 0.3) is 34.3 Å². The molecule has 1 aliphatic carbocycles. The number of aliphatic hydroxyl groups excluding tert-OH is 1. The van der Waals surface area contributed by atoms with Gasteiger partial charge in [-0.05, 0) is 25.3 Å². The van der Waals surface area contributed by atoms with E-state index < -0.39 is 59.6 Å². The van der Waals surface area contributed by atoms with E-state index in [0.29, 0.717) is 29.7 Å². The molecule has 4 unspecified atom stereocenters. The van der Waals surface area contributed by atoms with Gasteiger partial charge in [0.2, 0.25) is 11.6 Å². The first-order valence-electron chi connectivity index (χ1n) is 14.3. The number of ether oxygens (including phenoxy) is 1. The number of nitrogens with one attached hydrogen (secondary N) is 1. The van der Waals surface area contributed by atoms with E-state index >= 15 is 0 Å². The first-order valence-corrected chi connectivity index (χ1v) is 14.3. The van der Waals surface area contributed by atoms with Crippen molar-refractivity contribution in [1.29, 1.82) is 0 Å². The first-order chi connectivity index (χ1) is 22.6. The second-order valence-electron chi connectivity index (χ2n) is 11.0. The normalized spacial score (nSPS) is 21.0. The van der Waals surface area contributed by atoms with Gasteiger partial charge in [-0.15, -0.1) is 0 Å². The van der Waals surface area contributed by atoms with Crippen LogP contribution in [-0.2, 0) is 15.8 Å². The molecule has 4 atom stereocenters. The summed E-state index contributed by atoms with van der Waals surface area (Å²) >= 11 is 0. The highest BCUT2D eigenvalue weighted by molar-refractivity contribution is 5.73. The number of alkyl halides is 6. The molecule has 2 aromatic carbocycles. The zero-order valence-electron chi connectivity index (χ0n) is 24.5. The van der Waals surface area contributed by atoms with E-state index in [0.717, 1.165) is 12.8 Å². The van der Waals surface area contributed by atoms with Gasteiger partial charge in [0.1, 0.15) is 29.7 Å². The average Bonchev–Trinajstić information content (AvgIpc) is 3.71. The highest BCUT2D eigenvalue weighted by Crippen LogP contribution is 2.43. The summed E-state index contributed by atoms with van der Waals surface area (Å²) in [6.45, 7) is 0.138. The quantitative estimate of drug-likeness (QED) is 0.181. The van der Waals surface area contributed by atoms with Crippen molar-refractivity contribution >= 4 is 11.9 Å². The van der Waals surface area contributed by atoms with Crippen LogP contribution in [0.4, 0.5) is 26.3 Å². The van der Waals surface area contributed by atoms with Crippen LogP contribution in [-0.4, -0.2) is 67.4 Å². The maximum absolute atomic E-state index is 14.0. The molecule has 1 saturated carbocycles. The summed E-state index contributed by atoms with van der Waals surface area (Å²) in [6.07, 6.45) is -8.08. The molecule has 0 radical (unpaired) electrons. The van der Waals surface area contributed by atoms with Crippen LogP contribution in [0.3, 0.4) is 0 Å². The van der Waals surface area contributed by atoms with Crippen molar-refractivity contribution in [1.82, 2.24) is 20.6 Å². The Morgan fingerprint density at radius 3 is 2.27 bits per heavy atom. The van der Waals surface area contributed by atoms with Crippen molar-refractivity contribution in [3.8, 4) is 40.0 Å². The average molecular weight is 685 g/mol. The van der Waals surface area contributed by atoms with Gasteiger partial charge in [0.25, 0.3) is 5.89 Å². The van der Waals surface area contributed by atoms with Gasteiger partial charge in [-0.1, -0.05) is 59.2 Å². The van der Waals surface area contributed by atoms with E-state index in [2.05, 4.69) is 20.6 Å². The maximum Gasteiger partial charge on any atom is 0.490 e. The highest BCUT2D eigenvalue weighted by atomic mass is 19.4. The molecule has 1 aliphatic heterocycles. The predicted octanol–water partition coefficient (Wildman–Crippen LogP) is 5.74. The summed E-state index contributed by atoms with van der Waals surface area (Å²) < 4.78 is 89.9. The minimum Gasteiger partial charge on any atom is -0.491 e. The Morgan fingerprint density at radius 2 is 1.62 bits per heavy atom. The van der Waals surface area contributed by atoms with Gasteiger partial charge < -0.3 is 34.4 Å². The number of fused-ring (bicyclic) bond motifs is 1. The molecular formula is C30H26F6N4O8.